The lowest BCUT2D eigenvalue weighted by molar-refractivity contribution is 0.104. The first-order valence-electron chi connectivity index (χ1n) is 3.71. The maximum Gasteiger partial charge on any atom is 0.214 e. The summed E-state index contributed by atoms with van der Waals surface area (Å²) in [7, 11) is 0. The van der Waals surface area contributed by atoms with Crippen molar-refractivity contribution in [2.75, 3.05) is 0 Å². The Bertz CT molecular complexity index is 473. The third kappa shape index (κ3) is 1.86. The number of carbonyl (C=O) groups is 1. The van der Waals surface area contributed by atoms with Gasteiger partial charge in [-0.2, -0.15) is 0 Å². The Balaban J connectivity index is 2.38. The lowest BCUT2D eigenvalue weighted by Gasteiger charge is -1.93. The molecule has 2 aromatic rings. The van der Waals surface area contributed by atoms with Gasteiger partial charge in [0, 0.05) is 0 Å². The molecule has 2 heterocycles. The summed E-state index contributed by atoms with van der Waals surface area (Å²) in [5, 5.41) is 2.30. The number of hydrogen-bond donors (Lipinski definition) is 0. The summed E-state index contributed by atoms with van der Waals surface area (Å²) in [6.45, 7) is 0. The van der Waals surface area contributed by atoms with Gasteiger partial charge in [-0.05, 0) is 23.6 Å². The lowest BCUT2D eigenvalue weighted by atomic mass is 10.3. The largest absolute Gasteiger partial charge is 0.287 e. The van der Waals surface area contributed by atoms with Crippen LogP contribution in [0, 0.1) is 0 Å². The van der Waals surface area contributed by atoms with E-state index in [1.807, 2.05) is 0 Å². The molecule has 0 radical (unpaired) electrons. The van der Waals surface area contributed by atoms with Crippen molar-refractivity contribution in [2.24, 2.45) is 0 Å². The van der Waals surface area contributed by atoms with E-state index >= 15 is 0 Å². The van der Waals surface area contributed by atoms with Crippen LogP contribution >= 0.6 is 45.9 Å². The summed E-state index contributed by atoms with van der Waals surface area (Å²) < 4.78 is 0.612. The summed E-state index contributed by atoms with van der Waals surface area (Å²) >= 11 is 14.2. The van der Waals surface area contributed by atoms with Crippen molar-refractivity contribution < 1.29 is 4.79 Å². The Morgan fingerprint density at radius 2 is 2.00 bits per heavy atom. The molecule has 0 amide bonds. The Hall–Kier alpha value is -0.350. The predicted octanol–water partition coefficient (Wildman–Crippen LogP) is 4.35. The smallest absolute Gasteiger partial charge is 0.214 e. The van der Waals surface area contributed by atoms with Gasteiger partial charge in [-0.25, -0.2) is 0 Å². The van der Waals surface area contributed by atoms with Crippen LogP contribution in [0.5, 0.6) is 0 Å². The number of rotatable bonds is 2. The van der Waals surface area contributed by atoms with Gasteiger partial charge in [0.05, 0.1) is 19.1 Å². The van der Waals surface area contributed by atoms with Crippen LogP contribution in [0.15, 0.2) is 23.6 Å². The average Bonchev–Trinajstić information content (AvgIpc) is 2.73. The van der Waals surface area contributed by atoms with Gasteiger partial charge in [-0.15, -0.1) is 22.7 Å². The van der Waals surface area contributed by atoms with Crippen LogP contribution in [-0.4, -0.2) is 5.78 Å². The summed E-state index contributed by atoms with van der Waals surface area (Å²) in [5.74, 6) is -0.0538. The zero-order valence-corrected chi connectivity index (χ0v) is 9.93. The van der Waals surface area contributed by atoms with E-state index in [2.05, 4.69) is 0 Å². The van der Waals surface area contributed by atoms with E-state index in [0.29, 0.717) is 19.1 Å². The Labute approximate surface area is 98.9 Å². The first kappa shape index (κ1) is 10.2. The Kier molecular flexibility index (Phi) is 2.93. The average molecular weight is 263 g/mol. The SMILES string of the molecule is O=C(c1ccc(Cl)s1)c1sccc1Cl. The van der Waals surface area contributed by atoms with Gasteiger partial charge in [0.2, 0.25) is 5.78 Å². The van der Waals surface area contributed by atoms with Crippen LogP contribution in [0.3, 0.4) is 0 Å². The monoisotopic (exact) mass is 262 g/mol. The number of ketones is 1. The second-order valence-corrected chi connectivity index (χ2v) is 5.57. The number of hydrogen-bond acceptors (Lipinski definition) is 3. The molecule has 0 saturated carbocycles. The van der Waals surface area contributed by atoms with Crippen molar-refractivity contribution in [3.63, 3.8) is 0 Å². The van der Waals surface area contributed by atoms with Crippen LogP contribution in [0.25, 0.3) is 0 Å². The first-order valence-corrected chi connectivity index (χ1v) is 6.16. The van der Waals surface area contributed by atoms with E-state index in [0.717, 1.165) is 0 Å². The molecule has 0 aliphatic heterocycles. The molecule has 2 rings (SSSR count). The Morgan fingerprint density at radius 1 is 1.21 bits per heavy atom. The molecule has 5 heteroatoms. The molecule has 14 heavy (non-hydrogen) atoms. The van der Waals surface area contributed by atoms with E-state index in [9.17, 15) is 4.79 Å². The van der Waals surface area contributed by atoms with Gasteiger partial charge in [0.15, 0.2) is 0 Å². The maximum atomic E-state index is 11.8. The van der Waals surface area contributed by atoms with Crippen LogP contribution < -0.4 is 0 Å². The fourth-order valence-corrected chi connectivity index (χ4v) is 3.15. The molecule has 0 aliphatic carbocycles. The van der Waals surface area contributed by atoms with Crippen LogP contribution in [-0.2, 0) is 0 Å². The number of thiophene rings is 2. The quantitative estimate of drug-likeness (QED) is 0.736. The predicted molar refractivity (Wildman–Crippen MR) is 62.1 cm³/mol. The number of carbonyl (C=O) groups excluding carboxylic acids is 1. The molecule has 0 aliphatic rings. The van der Waals surface area contributed by atoms with Gasteiger partial charge < -0.3 is 0 Å². The molecule has 0 fully saturated rings. The van der Waals surface area contributed by atoms with Crippen LogP contribution in [0.1, 0.15) is 14.5 Å². The van der Waals surface area contributed by atoms with Crippen LogP contribution in [0.2, 0.25) is 9.36 Å². The van der Waals surface area contributed by atoms with E-state index in [1.165, 1.54) is 22.7 Å². The van der Waals surface area contributed by atoms with Crippen molar-refractivity contribution in [1.29, 1.82) is 0 Å². The summed E-state index contributed by atoms with van der Waals surface area (Å²) in [6, 6.07) is 5.14. The minimum absolute atomic E-state index is 0.0538. The van der Waals surface area contributed by atoms with Crippen molar-refractivity contribution in [2.45, 2.75) is 0 Å². The van der Waals surface area contributed by atoms with Gasteiger partial charge in [-0.1, -0.05) is 23.2 Å². The molecule has 0 saturated heterocycles. The van der Waals surface area contributed by atoms with Gasteiger partial charge in [0.25, 0.3) is 0 Å². The van der Waals surface area contributed by atoms with E-state index in [1.54, 1.807) is 23.6 Å². The minimum atomic E-state index is -0.0538. The molecule has 0 N–H and O–H groups in total. The zero-order valence-electron chi connectivity index (χ0n) is 6.79. The highest BCUT2D eigenvalue weighted by Gasteiger charge is 2.15. The molecular weight excluding hydrogens is 259 g/mol. The topological polar surface area (TPSA) is 17.1 Å². The van der Waals surface area contributed by atoms with Gasteiger partial charge >= 0.3 is 0 Å². The molecule has 0 unspecified atom stereocenters. The molecule has 0 spiro atoms. The standard InChI is InChI=1S/C9H4Cl2OS2/c10-5-3-4-13-9(5)8(12)6-1-2-7(11)14-6/h1-4H. The van der Waals surface area contributed by atoms with E-state index < -0.39 is 0 Å². The normalized spacial score (nSPS) is 10.4. The second-order valence-electron chi connectivity index (χ2n) is 2.53. The first-order chi connectivity index (χ1) is 6.68. The second kappa shape index (κ2) is 4.03. The van der Waals surface area contributed by atoms with Crippen molar-refractivity contribution >= 4 is 51.7 Å². The highest BCUT2D eigenvalue weighted by Crippen LogP contribution is 2.29. The third-order valence-electron chi connectivity index (χ3n) is 1.62. The Morgan fingerprint density at radius 3 is 2.50 bits per heavy atom. The van der Waals surface area contributed by atoms with Gasteiger partial charge in [-0.3, -0.25) is 4.79 Å². The van der Waals surface area contributed by atoms with Crippen LogP contribution in [0.4, 0.5) is 0 Å². The number of halogens is 2. The molecular formula is C9H4Cl2OS2. The molecule has 2 aromatic heterocycles. The van der Waals surface area contributed by atoms with Crippen molar-refractivity contribution in [1.82, 2.24) is 0 Å². The molecule has 0 atom stereocenters. The molecule has 72 valence electrons. The summed E-state index contributed by atoms with van der Waals surface area (Å²) in [4.78, 5) is 13.0. The van der Waals surface area contributed by atoms with Crippen molar-refractivity contribution in [3.05, 3.63) is 42.7 Å². The summed E-state index contributed by atoms with van der Waals surface area (Å²) in [5.41, 5.74) is 0. The highest BCUT2D eigenvalue weighted by atomic mass is 35.5. The van der Waals surface area contributed by atoms with Gasteiger partial charge in [0.1, 0.15) is 0 Å². The minimum Gasteiger partial charge on any atom is -0.287 e. The molecule has 1 nitrogen and oxygen atoms in total. The molecule has 0 aromatic carbocycles. The summed E-state index contributed by atoms with van der Waals surface area (Å²) in [6.07, 6.45) is 0. The third-order valence-corrected chi connectivity index (χ3v) is 4.19. The van der Waals surface area contributed by atoms with E-state index in [4.69, 9.17) is 23.2 Å². The van der Waals surface area contributed by atoms with E-state index in [-0.39, 0.29) is 5.78 Å². The fraction of sp³-hybridized carbons (Fsp3) is 0. The fourth-order valence-electron chi connectivity index (χ4n) is 1.00. The highest BCUT2D eigenvalue weighted by molar-refractivity contribution is 7.19. The van der Waals surface area contributed by atoms with Crippen molar-refractivity contribution in [3.8, 4) is 0 Å². The lowest BCUT2D eigenvalue weighted by Crippen LogP contribution is -1.94. The zero-order chi connectivity index (χ0) is 10.1. The molecule has 0 bridgehead atoms. The maximum absolute atomic E-state index is 11.8.